The number of H-pyrrole nitrogens is 1. The van der Waals surface area contributed by atoms with Gasteiger partial charge in [0.05, 0.1) is 10.4 Å². The van der Waals surface area contributed by atoms with Crippen molar-refractivity contribution in [2.75, 3.05) is 26.2 Å². The van der Waals surface area contributed by atoms with Gasteiger partial charge in [0, 0.05) is 60.6 Å². The van der Waals surface area contributed by atoms with Crippen LogP contribution in [0.4, 0.5) is 0 Å². The predicted octanol–water partition coefficient (Wildman–Crippen LogP) is 4.88. The van der Waals surface area contributed by atoms with E-state index in [-0.39, 0.29) is 5.91 Å². The summed E-state index contributed by atoms with van der Waals surface area (Å²) in [4.78, 5) is 27.8. The highest BCUT2D eigenvalue weighted by molar-refractivity contribution is 7.18. The molecular weight excluding hydrogens is 456 g/mol. The first-order chi connectivity index (χ1) is 15.9. The Morgan fingerprint density at radius 2 is 1.97 bits per heavy atom. The Kier molecular flexibility index (Phi) is 5.90. The van der Waals surface area contributed by atoms with Crippen molar-refractivity contribution in [3.8, 4) is 21.1 Å². The molecule has 1 fully saturated rings. The second kappa shape index (κ2) is 8.85. The fraction of sp³-hybridized carbons (Fsp3) is 0.333. The molecule has 7 nitrogen and oxygen atoms in total. The Morgan fingerprint density at radius 1 is 1.18 bits per heavy atom. The Balaban J connectivity index is 1.56. The number of pyridine rings is 1. The second-order valence-corrected chi connectivity index (χ2v) is 9.93. The van der Waals surface area contributed by atoms with Crippen LogP contribution in [-0.4, -0.2) is 68.1 Å². The first kappa shape index (κ1) is 22.0. The van der Waals surface area contributed by atoms with E-state index >= 15 is 0 Å². The van der Waals surface area contributed by atoms with Crippen molar-refractivity contribution in [3.63, 3.8) is 0 Å². The number of nitrogens with zero attached hydrogens (tertiary/aromatic N) is 5. The summed E-state index contributed by atoms with van der Waals surface area (Å²) >= 11 is 7.76. The molecule has 4 heterocycles. The van der Waals surface area contributed by atoms with E-state index in [4.69, 9.17) is 16.6 Å². The summed E-state index contributed by atoms with van der Waals surface area (Å²) < 4.78 is 0. The third-order valence-corrected chi connectivity index (χ3v) is 7.74. The second-order valence-electron chi connectivity index (χ2n) is 8.53. The van der Waals surface area contributed by atoms with Crippen molar-refractivity contribution in [3.05, 3.63) is 52.9 Å². The molecule has 1 aliphatic heterocycles. The van der Waals surface area contributed by atoms with Gasteiger partial charge < -0.3 is 4.90 Å². The minimum atomic E-state index is -0.0391. The van der Waals surface area contributed by atoms with Crippen LogP contribution in [0.1, 0.15) is 29.9 Å². The number of aromatic amines is 1. The van der Waals surface area contributed by atoms with E-state index in [0.717, 1.165) is 50.7 Å². The normalized spacial score (nSPS) is 15.0. The minimum absolute atomic E-state index is 0.0391. The quantitative estimate of drug-likeness (QED) is 0.450. The van der Waals surface area contributed by atoms with Crippen LogP contribution in [0.15, 0.2) is 36.7 Å². The van der Waals surface area contributed by atoms with Crippen LogP contribution in [0.3, 0.4) is 0 Å². The zero-order chi connectivity index (χ0) is 23.1. The van der Waals surface area contributed by atoms with Crippen molar-refractivity contribution in [1.29, 1.82) is 0 Å². The molecule has 1 aliphatic rings. The van der Waals surface area contributed by atoms with Crippen LogP contribution < -0.4 is 0 Å². The lowest BCUT2D eigenvalue weighted by atomic mass is 10.1. The summed E-state index contributed by atoms with van der Waals surface area (Å²) in [6.07, 6.45) is 3.51. The molecule has 1 aromatic carbocycles. The number of amides is 1. The standard InChI is InChI=1S/C24H25ClN6OS/c1-14(2)30-9-11-31(12-10-30)24(32)21-22(16-5-4-8-26-13-16)33-23(27-21)20-17-6-7-18(25)15(3)19(17)28-29-20/h4-8,13-14H,9-12H2,1-3H3,(H,28,29). The maximum atomic E-state index is 13.6. The van der Waals surface area contributed by atoms with Gasteiger partial charge in [0.25, 0.3) is 5.91 Å². The number of carbonyl (C=O) groups excluding carboxylic acids is 1. The van der Waals surface area contributed by atoms with Crippen LogP contribution >= 0.6 is 22.9 Å². The molecular formula is C24H25ClN6OS. The topological polar surface area (TPSA) is 78.0 Å². The molecule has 0 radical (unpaired) electrons. The maximum Gasteiger partial charge on any atom is 0.274 e. The summed E-state index contributed by atoms with van der Waals surface area (Å²) in [5.74, 6) is -0.0391. The monoisotopic (exact) mass is 480 g/mol. The highest BCUT2D eigenvalue weighted by Crippen LogP contribution is 2.38. The molecule has 1 saturated heterocycles. The van der Waals surface area contributed by atoms with Crippen LogP contribution in [0.2, 0.25) is 5.02 Å². The van der Waals surface area contributed by atoms with Crippen molar-refractivity contribution >= 4 is 39.7 Å². The number of hydrogen-bond acceptors (Lipinski definition) is 6. The first-order valence-corrected chi connectivity index (χ1v) is 12.2. The van der Waals surface area contributed by atoms with Gasteiger partial charge in [-0.2, -0.15) is 5.10 Å². The van der Waals surface area contributed by atoms with E-state index in [0.29, 0.717) is 29.8 Å². The molecule has 5 rings (SSSR count). The van der Waals surface area contributed by atoms with Gasteiger partial charge in [-0.25, -0.2) is 4.98 Å². The van der Waals surface area contributed by atoms with Gasteiger partial charge in [-0.15, -0.1) is 11.3 Å². The highest BCUT2D eigenvalue weighted by Gasteiger charge is 2.29. The van der Waals surface area contributed by atoms with Crippen LogP contribution in [0, 0.1) is 6.92 Å². The maximum absolute atomic E-state index is 13.6. The number of fused-ring (bicyclic) bond motifs is 1. The third-order valence-electron chi connectivity index (χ3n) is 6.21. The van der Waals surface area contributed by atoms with Gasteiger partial charge in [-0.05, 0) is 44.5 Å². The van der Waals surface area contributed by atoms with Gasteiger partial charge in [0.2, 0.25) is 0 Å². The smallest absolute Gasteiger partial charge is 0.274 e. The molecule has 0 spiro atoms. The highest BCUT2D eigenvalue weighted by atomic mass is 35.5. The summed E-state index contributed by atoms with van der Waals surface area (Å²) in [6.45, 7) is 9.45. The summed E-state index contributed by atoms with van der Waals surface area (Å²) in [5, 5.41) is 9.92. The SMILES string of the molecule is Cc1c(Cl)ccc2c(-c3nc(C(=O)N4CCN(C(C)C)CC4)c(-c4cccnc4)s3)[nH]nc12. The van der Waals surface area contributed by atoms with E-state index in [1.54, 1.807) is 12.4 Å². The van der Waals surface area contributed by atoms with Gasteiger partial charge in [0.15, 0.2) is 0 Å². The van der Waals surface area contributed by atoms with Gasteiger partial charge in [-0.3, -0.25) is 19.8 Å². The van der Waals surface area contributed by atoms with Crippen LogP contribution in [-0.2, 0) is 0 Å². The molecule has 3 aromatic heterocycles. The first-order valence-electron chi connectivity index (χ1n) is 11.0. The van der Waals surface area contributed by atoms with Crippen molar-refractivity contribution in [1.82, 2.24) is 30.0 Å². The number of carbonyl (C=O) groups is 1. The number of piperazine rings is 1. The lowest BCUT2D eigenvalue weighted by Gasteiger charge is -2.36. The lowest BCUT2D eigenvalue weighted by Crippen LogP contribution is -2.50. The summed E-state index contributed by atoms with van der Waals surface area (Å²) in [7, 11) is 0. The molecule has 170 valence electrons. The van der Waals surface area contributed by atoms with E-state index < -0.39 is 0 Å². The number of aromatic nitrogens is 4. The Labute approximate surface area is 201 Å². The molecule has 0 bridgehead atoms. The molecule has 0 aliphatic carbocycles. The number of halogens is 1. The fourth-order valence-electron chi connectivity index (χ4n) is 4.21. The van der Waals surface area contributed by atoms with Crippen molar-refractivity contribution in [2.24, 2.45) is 0 Å². The molecule has 4 aromatic rings. The van der Waals surface area contributed by atoms with E-state index in [9.17, 15) is 4.79 Å². The molecule has 33 heavy (non-hydrogen) atoms. The zero-order valence-electron chi connectivity index (χ0n) is 18.8. The third kappa shape index (κ3) is 4.03. The number of aryl methyl sites for hydroxylation is 1. The molecule has 0 unspecified atom stereocenters. The molecule has 0 atom stereocenters. The Morgan fingerprint density at radius 3 is 2.67 bits per heavy atom. The summed E-state index contributed by atoms with van der Waals surface area (Å²) in [5.41, 5.74) is 3.87. The van der Waals surface area contributed by atoms with E-state index in [1.807, 2.05) is 36.1 Å². The van der Waals surface area contributed by atoms with Crippen LogP contribution in [0.25, 0.3) is 32.0 Å². The van der Waals surface area contributed by atoms with Gasteiger partial charge in [0.1, 0.15) is 16.4 Å². The number of nitrogens with one attached hydrogen (secondary N) is 1. The van der Waals surface area contributed by atoms with Crippen LogP contribution in [0.5, 0.6) is 0 Å². The van der Waals surface area contributed by atoms with E-state index in [2.05, 4.69) is 33.9 Å². The lowest BCUT2D eigenvalue weighted by molar-refractivity contribution is 0.0591. The Bertz CT molecular complexity index is 1310. The Hall–Kier alpha value is -2.81. The molecule has 1 amide bonds. The van der Waals surface area contributed by atoms with Gasteiger partial charge in [-0.1, -0.05) is 17.7 Å². The average molecular weight is 481 g/mol. The number of benzene rings is 1. The number of hydrogen-bond donors (Lipinski definition) is 1. The summed E-state index contributed by atoms with van der Waals surface area (Å²) in [6, 6.07) is 8.13. The molecule has 1 N–H and O–H groups in total. The predicted molar refractivity (Wildman–Crippen MR) is 133 cm³/mol. The zero-order valence-corrected chi connectivity index (χ0v) is 20.4. The van der Waals surface area contributed by atoms with Gasteiger partial charge >= 0.3 is 0 Å². The largest absolute Gasteiger partial charge is 0.335 e. The number of rotatable bonds is 4. The minimum Gasteiger partial charge on any atom is -0.335 e. The number of thiazole rings is 1. The van der Waals surface area contributed by atoms with Crippen molar-refractivity contribution < 1.29 is 4.79 Å². The molecule has 9 heteroatoms. The van der Waals surface area contributed by atoms with E-state index in [1.165, 1.54) is 11.3 Å². The van der Waals surface area contributed by atoms with Crippen molar-refractivity contribution in [2.45, 2.75) is 26.8 Å². The molecule has 0 saturated carbocycles. The average Bonchev–Trinajstić information content (AvgIpc) is 3.46. The fourth-order valence-corrected chi connectivity index (χ4v) is 5.42.